The van der Waals surface area contributed by atoms with E-state index in [1.807, 2.05) is 0 Å². The third-order valence-electron chi connectivity index (χ3n) is 11.0. The Morgan fingerprint density at radius 2 is 1.16 bits per heavy atom. The lowest BCUT2D eigenvalue weighted by Crippen LogP contribution is -2.26. The van der Waals surface area contributed by atoms with Crippen molar-refractivity contribution in [2.45, 2.75) is 26.2 Å². The summed E-state index contributed by atoms with van der Waals surface area (Å²) in [7, 11) is 0. The molecule has 0 radical (unpaired) electrons. The summed E-state index contributed by atoms with van der Waals surface area (Å²) in [6.45, 7) is 6.87. The molecule has 0 saturated heterocycles. The number of rotatable bonds is 4. The second-order valence-corrected chi connectivity index (χ2v) is 14.3. The van der Waals surface area contributed by atoms with E-state index in [9.17, 15) is 0 Å². The number of aryl methyl sites for hydroxylation is 1. The molecule has 2 nitrogen and oxygen atoms in total. The van der Waals surface area contributed by atoms with Crippen molar-refractivity contribution in [2.24, 2.45) is 0 Å². The monoisotopic (exact) mass is 640 g/mol. The molecule has 0 atom stereocenters. The van der Waals surface area contributed by atoms with E-state index in [2.05, 4.69) is 194 Å². The molecule has 0 amide bonds. The van der Waals surface area contributed by atoms with Gasteiger partial charge in [0.1, 0.15) is 0 Å². The van der Waals surface area contributed by atoms with Gasteiger partial charge in [0.15, 0.2) is 0 Å². The van der Waals surface area contributed by atoms with Crippen LogP contribution in [0, 0.1) is 6.92 Å². The van der Waals surface area contributed by atoms with Gasteiger partial charge in [-0.1, -0.05) is 141 Å². The zero-order chi connectivity index (χ0) is 33.6. The zero-order valence-corrected chi connectivity index (χ0v) is 28.5. The van der Waals surface area contributed by atoms with Gasteiger partial charge < -0.3 is 9.47 Å². The summed E-state index contributed by atoms with van der Waals surface area (Å²) >= 11 is 0. The summed E-state index contributed by atoms with van der Waals surface area (Å²) in [5, 5.41) is 7.51. The molecule has 0 aliphatic carbocycles. The van der Waals surface area contributed by atoms with Crippen molar-refractivity contribution in [3.05, 3.63) is 180 Å². The third kappa shape index (κ3) is 4.09. The molecule has 0 bridgehead atoms. The molecular weight excluding hydrogens is 605 g/mol. The van der Waals surface area contributed by atoms with Crippen molar-refractivity contribution >= 4 is 60.4 Å². The van der Waals surface area contributed by atoms with E-state index in [0.29, 0.717) is 0 Å². The fraction of sp³-hybridized carbons (Fsp3) is 0.0833. The van der Waals surface area contributed by atoms with Crippen LogP contribution in [0.25, 0.3) is 60.2 Å². The number of aromatic nitrogens is 1. The molecule has 10 rings (SSSR count). The molecule has 2 heteroatoms. The van der Waals surface area contributed by atoms with Crippen LogP contribution in [0.15, 0.2) is 164 Å². The third-order valence-corrected chi connectivity index (χ3v) is 11.0. The summed E-state index contributed by atoms with van der Waals surface area (Å²) in [5.74, 6) is 0. The number of benzene rings is 8. The van der Waals surface area contributed by atoms with E-state index in [-0.39, 0.29) is 5.41 Å². The van der Waals surface area contributed by atoms with Crippen molar-refractivity contribution in [2.75, 3.05) is 4.90 Å². The number of hydrogen-bond acceptors (Lipinski definition) is 1. The molecule has 1 aliphatic rings. The second kappa shape index (κ2) is 10.7. The summed E-state index contributed by atoms with van der Waals surface area (Å²) in [5.41, 5.74) is 13.7. The van der Waals surface area contributed by atoms with E-state index >= 15 is 0 Å². The van der Waals surface area contributed by atoms with Gasteiger partial charge in [-0.05, 0) is 82.4 Å². The molecule has 2 heterocycles. The summed E-state index contributed by atoms with van der Waals surface area (Å²) in [4.78, 5) is 2.43. The van der Waals surface area contributed by atoms with Gasteiger partial charge in [0.05, 0.1) is 28.1 Å². The predicted molar refractivity (Wildman–Crippen MR) is 213 cm³/mol. The molecule has 50 heavy (non-hydrogen) atoms. The van der Waals surface area contributed by atoms with E-state index in [1.54, 1.807) is 0 Å². The maximum Gasteiger partial charge on any atom is 0.0582 e. The van der Waals surface area contributed by atoms with Crippen LogP contribution < -0.4 is 4.90 Å². The lowest BCUT2D eigenvalue weighted by atomic mass is 9.75. The molecule has 9 aromatic rings. The molecule has 0 spiro atoms. The Morgan fingerprint density at radius 3 is 2.02 bits per heavy atom. The highest BCUT2D eigenvalue weighted by Gasteiger charge is 2.34. The molecule has 8 aromatic carbocycles. The zero-order valence-electron chi connectivity index (χ0n) is 28.5. The smallest absolute Gasteiger partial charge is 0.0582 e. The van der Waals surface area contributed by atoms with Gasteiger partial charge in [-0.25, -0.2) is 0 Å². The van der Waals surface area contributed by atoms with Crippen molar-refractivity contribution in [1.29, 1.82) is 0 Å². The van der Waals surface area contributed by atoms with Crippen LogP contribution in [0.3, 0.4) is 0 Å². The van der Waals surface area contributed by atoms with Crippen LogP contribution >= 0.6 is 0 Å². The Balaban J connectivity index is 1.21. The van der Waals surface area contributed by atoms with Crippen LogP contribution in [-0.4, -0.2) is 4.57 Å². The summed E-state index contributed by atoms with van der Waals surface area (Å²) in [6, 6.07) is 60.6. The molecule has 0 saturated carbocycles. The Kier molecular flexibility index (Phi) is 6.17. The Labute approximate surface area is 292 Å². The topological polar surface area (TPSA) is 8.17 Å². The maximum atomic E-state index is 2.50. The van der Waals surface area contributed by atoms with Gasteiger partial charge in [-0.2, -0.15) is 0 Å². The minimum Gasteiger partial charge on any atom is -0.309 e. The van der Waals surface area contributed by atoms with Crippen LogP contribution in [0.5, 0.6) is 0 Å². The Morgan fingerprint density at radius 1 is 0.500 bits per heavy atom. The minimum atomic E-state index is -0.0806. The molecule has 1 aromatic heterocycles. The first-order valence-electron chi connectivity index (χ1n) is 17.5. The predicted octanol–water partition coefficient (Wildman–Crippen LogP) is 13.2. The molecule has 1 aliphatic heterocycles. The molecular formula is C48H36N2. The fourth-order valence-electron chi connectivity index (χ4n) is 8.57. The van der Waals surface area contributed by atoms with E-state index < -0.39 is 0 Å². The maximum absolute atomic E-state index is 2.50. The van der Waals surface area contributed by atoms with Crippen molar-refractivity contribution in [3.63, 3.8) is 0 Å². The lowest BCUT2D eigenvalue weighted by Gasteiger charge is -2.34. The summed E-state index contributed by atoms with van der Waals surface area (Å²) < 4.78 is 2.50. The average molecular weight is 641 g/mol. The fourth-order valence-corrected chi connectivity index (χ4v) is 8.57. The van der Waals surface area contributed by atoms with Gasteiger partial charge in [-0.15, -0.1) is 0 Å². The first-order valence-corrected chi connectivity index (χ1v) is 17.5. The van der Waals surface area contributed by atoms with Crippen molar-refractivity contribution < 1.29 is 0 Å². The van der Waals surface area contributed by atoms with E-state index in [0.717, 1.165) is 11.4 Å². The Hall–Kier alpha value is -6.12. The van der Waals surface area contributed by atoms with Crippen LogP contribution in [0.1, 0.15) is 30.5 Å². The van der Waals surface area contributed by atoms with Gasteiger partial charge >= 0.3 is 0 Å². The highest BCUT2D eigenvalue weighted by atomic mass is 15.1. The molecule has 0 unspecified atom stereocenters. The Bertz CT molecular complexity index is 2790. The number of nitrogens with zero attached hydrogens (tertiary/aromatic N) is 2. The highest BCUT2D eigenvalue weighted by Crippen LogP contribution is 2.49. The standard InChI is InChI=1S/C48H36N2/c1-31-22-25-34(26-23-31)49(43-21-10-13-32-12-4-5-14-36(32)43)44-29-27-35(37-15-6-7-16-38(37)44)33-24-28-45-40(30-33)39-17-11-19-42-47(39)50(45)46-20-9-8-18-41(46)48(42,2)3/h4-30H,1-3H3. The second-order valence-electron chi connectivity index (χ2n) is 14.3. The van der Waals surface area contributed by atoms with Gasteiger partial charge in [0.2, 0.25) is 0 Å². The first kappa shape index (κ1) is 28.9. The van der Waals surface area contributed by atoms with Crippen molar-refractivity contribution in [3.8, 4) is 16.8 Å². The van der Waals surface area contributed by atoms with Crippen LogP contribution in [0.2, 0.25) is 0 Å². The minimum absolute atomic E-state index is 0.0806. The van der Waals surface area contributed by atoms with Gasteiger partial charge in [-0.3, -0.25) is 0 Å². The largest absolute Gasteiger partial charge is 0.309 e. The van der Waals surface area contributed by atoms with Crippen molar-refractivity contribution in [1.82, 2.24) is 4.57 Å². The van der Waals surface area contributed by atoms with Crippen LogP contribution in [-0.2, 0) is 5.41 Å². The normalized spacial score (nSPS) is 13.3. The van der Waals surface area contributed by atoms with Crippen LogP contribution in [0.4, 0.5) is 17.1 Å². The van der Waals surface area contributed by atoms with Gasteiger partial charge in [0, 0.05) is 32.6 Å². The number of anilines is 3. The highest BCUT2D eigenvalue weighted by molar-refractivity contribution is 6.14. The number of fused-ring (bicyclic) bond motifs is 7. The quantitative estimate of drug-likeness (QED) is 0.186. The molecule has 238 valence electrons. The SMILES string of the molecule is Cc1ccc(N(c2cccc3ccccc23)c2ccc(-c3ccc4c(c3)c3cccc5c3n4-c3ccccc3C5(C)C)c3ccccc23)cc1. The molecule has 0 fully saturated rings. The first-order chi connectivity index (χ1) is 24.5. The lowest BCUT2D eigenvalue weighted by molar-refractivity contribution is 0.630. The van der Waals surface area contributed by atoms with E-state index in [4.69, 9.17) is 0 Å². The average Bonchev–Trinajstić information content (AvgIpc) is 3.49. The molecule has 0 N–H and O–H groups in total. The number of hydrogen-bond donors (Lipinski definition) is 0. The summed E-state index contributed by atoms with van der Waals surface area (Å²) in [6.07, 6.45) is 0. The van der Waals surface area contributed by atoms with Gasteiger partial charge in [0.25, 0.3) is 0 Å². The van der Waals surface area contributed by atoms with E-state index in [1.165, 1.54) is 82.5 Å². The number of para-hydroxylation sites is 2.